The predicted molar refractivity (Wildman–Crippen MR) is 103 cm³/mol. The van der Waals surface area contributed by atoms with Gasteiger partial charge >= 0.3 is 5.97 Å². The van der Waals surface area contributed by atoms with Crippen molar-refractivity contribution in [3.8, 4) is 22.5 Å². The highest BCUT2D eigenvalue weighted by atomic mass is 16.5. The Balaban J connectivity index is 1.95. The second-order valence-corrected chi connectivity index (χ2v) is 5.87. The Morgan fingerprint density at radius 2 is 1.67 bits per heavy atom. The molecule has 0 unspecified atom stereocenters. The molecule has 0 atom stereocenters. The van der Waals surface area contributed by atoms with Gasteiger partial charge in [0.1, 0.15) is 24.5 Å². The summed E-state index contributed by atoms with van der Waals surface area (Å²) in [6.45, 7) is 0.00267. The number of rotatable bonds is 5. The zero-order chi connectivity index (χ0) is 18.6. The van der Waals surface area contributed by atoms with E-state index in [1.165, 1.54) is 13.4 Å². The fourth-order valence-electron chi connectivity index (χ4n) is 2.97. The zero-order valence-electron chi connectivity index (χ0n) is 14.7. The van der Waals surface area contributed by atoms with Crippen molar-refractivity contribution < 1.29 is 13.9 Å². The highest BCUT2D eigenvalue weighted by molar-refractivity contribution is 6.06. The molecule has 2 aromatic heterocycles. The Hall–Kier alpha value is -3.67. The zero-order valence-corrected chi connectivity index (χ0v) is 14.7. The van der Waals surface area contributed by atoms with E-state index in [-0.39, 0.29) is 12.5 Å². The molecule has 0 aliphatic heterocycles. The van der Waals surface area contributed by atoms with E-state index in [1.807, 2.05) is 60.7 Å². The van der Waals surface area contributed by atoms with Gasteiger partial charge in [-0.3, -0.25) is 4.79 Å². The van der Waals surface area contributed by atoms with Crippen molar-refractivity contribution in [2.45, 2.75) is 0 Å². The third-order valence-corrected chi connectivity index (χ3v) is 4.21. The number of anilines is 1. The van der Waals surface area contributed by atoms with Gasteiger partial charge in [0.25, 0.3) is 0 Å². The third-order valence-electron chi connectivity index (χ3n) is 4.21. The van der Waals surface area contributed by atoms with Gasteiger partial charge in [-0.1, -0.05) is 60.7 Å². The molecule has 0 saturated heterocycles. The average molecular weight is 359 g/mol. The first-order chi connectivity index (χ1) is 13.3. The first-order valence-electron chi connectivity index (χ1n) is 8.47. The van der Waals surface area contributed by atoms with Gasteiger partial charge in [0.05, 0.1) is 12.5 Å². The maximum absolute atomic E-state index is 11.6. The van der Waals surface area contributed by atoms with Crippen molar-refractivity contribution in [1.82, 2.24) is 9.97 Å². The Morgan fingerprint density at radius 3 is 2.33 bits per heavy atom. The van der Waals surface area contributed by atoms with E-state index < -0.39 is 0 Å². The van der Waals surface area contributed by atoms with Gasteiger partial charge in [-0.25, -0.2) is 9.97 Å². The molecule has 6 heteroatoms. The van der Waals surface area contributed by atoms with E-state index in [9.17, 15) is 4.79 Å². The van der Waals surface area contributed by atoms with Crippen molar-refractivity contribution in [2.24, 2.45) is 0 Å². The number of nitrogens with one attached hydrogen (secondary N) is 1. The molecule has 1 N–H and O–H groups in total. The Bertz CT molecular complexity index is 1080. The van der Waals surface area contributed by atoms with Crippen LogP contribution < -0.4 is 5.32 Å². The second-order valence-electron chi connectivity index (χ2n) is 5.87. The molecule has 4 rings (SSSR count). The minimum Gasteiger partial charge on any atom is -0.468 e. The third kappa shape index (κ3) is 3.25. The summed E-state index contributed by atoms with van der Waals surface area (Å²) in [5, 5.41) is 3.76. The SMILES string of the molecule is COC(=O)CNc1ncnc2oc(-c3ccccc3)c(-c3ccccc3)c12. The Morgan fingerprint density at radius 1 is 1.00 bits per heavy atom. The van der Waals surface area contributed by atoms with Crippen LogP contribution in [0.1, 0.15) is 0 Å². The summed E-state index contributed by atoms with van der Waals surface area (Å²) >= 11 is 0. The van der Waals surface area contributed by atoms with Crippen molar-refractivity contribution in [2.75, 3.05) is 19.0 Å². The molecule has 4 aromatic rings. The summed E-state index contributed by atoms with van der Waals surface area (Å²) in [4.78, 5) is 20.2. The Kier molecular flexibility index (Phi) is 4.53. The number of fused-ring (bicyclic) bond motifs is 1. The van der Waals surface area contributed by atoms with Gasteiger partial charge in [0, 0.05) is 11.1 Å². The molecule has 0 fully saturated rings. The number of methoxy groups -OCH3 is 1. The van der Waals surface area contributed by atoms with E-state index in [2.05, 4.69) is 15.3 Å². The predicted octanol–water partition coefficient (Wildman–Crippen LogP) is 4.14. The molecule has 0 aliphatic rings. The molecule has 0 bridgehead atoms. The minimum absolute atomic E-state index is 0.00267. The molecule has 2 aromatic carbocycles. The van der Waals surface area contributed by atoms with Crippen molar-refractivity contribution in [3.05, 3.63) is 67.0 Å². The van der Waals surface area contributed by atoms with Gasteiger partial charge in [0.2, 0.25) is 5.71 Å². The minimum atomic E-state index is -0.380. The number of esters is 1. The summed E-state index contributed by atoms with van der Waals surface area (Å²) in [5.74, 6) is 0.850. The summed E-state index contributed by atoms with van der Waals surface area (Å²) in [7, 11) is 1.35. The molecule has 0 radical (unpaired) electrons. The van der Waals surface area contributed by atoms with Crippen LogP contribution in [0.15, 0.2) is 71.4 Å². The number of carbonyl (C=O) groups is 1. The van der Waals surface area contributed by atoms with Crippen molar-refractivity contribution in [3.63, 3.8) is 0 Å². The van der Waals surface area contributed by atoms with E-state index in [0.29, 0.717) is 17.3 Å². The lowest BCUT2D eigenvalue weighted by atomic mass is 9.99. The maximum Gasteiger partial charge on any atom is 0.325 e. The normalized spacial score (nSPS) is 10.7. The van der Waals surface area contributed by atoms with Gasteiger partial charge in [0.15, 0.2) is 0 Å². The first-order valence-corrected chi connectivity index (χ1v) is 8.47. The van der Waals surface area contributed by atoms with Gasteiger partial charge in [-0.05, 0) is 5.56 Å². The monoisotopic (exact) mass is 359 g/mol. The van der Waals surface area contributed by atoms with Gasteiger partial charge < -0.3 is 14.5 Å². The number of hydrogen-bond acceptors (Lipinski definition) is 6. The quantitative estimate of drug-likeness (QED) is 0.540. The second kappa shape index (κ2) is 7.29. The summed E-state index contributed by atoms with van der Waals surface area (Å²) in [6.07, 6.45) is 1.41. The molecular weight excluding hydrogens is 342 g/mol. The van der Waals surface area contributed by atoms with Crippen LogP contribution in [0.4, 0.5) is 5.82 Å². The van der Waals surface area contributed by atoms with Crippen LogP contribution in [0.3, 0.4) is 0 Å². The summed E-state index contributed by atoms with van der Waals surface area (Å²) in [5.41, 5.74) is 3.25. The van der Waals surface area contributed by atoms with Gasteiger partial charge in [-0.15, -0.1) is 0 Å². The highest BCUT2D eigenvalue weighted by Gasteiger charge is 2.22. The van der Waals surface area contributed by atoms with Crippen LogP contribution in [0, 0.1) is 0 Å². The molecule has 6 nitrogen and oxygen atoms in total. The number of ether oxygens (including phenoxy) is 1. The number of benzene rings is 2. The fourth-order valence-corrected chi connectivity index (χ4v) is 2.97. The van der Waals surface area contributed by atoms with Crippen LogP contribution in [-0.2, 0) is 9.53 Å². The standard InChI is InChI=1S/C21H17N3O3/c1-26-16(25)12-22-20-18-17(14-8-4-2-5-9-14)19(15-10-6-3-7-11-15)27-21(18)24-13-23-20/h2-11,13H,12H2,1H3,(H,22,23,24). The molecule has 2 heterocycles. The molecule has 0 aliphatic carbocycles. The lowest BCUT2D eigenvalue weighted by molar-refractivity contribution is -0.138. The lowest BCUT2D eigenvalue weighted by Crippen LogP contribution is -2.15. The molecule has 0 amide bonds. The average Bonchev–Trinajstić information content (AvgIpc) is 3.13. The highest BCUT2D eigenvalue weighted by Crippen LogP contribution is 2.42. The first kappa shape index (κ1) is 16.8. The van der Waals surface area contributed by atoms with Crippen LogP contribution in [0.2, 0.25) is 0 Å². The van der Waals surface area contributed by atoms with Crippen LogP contribution >= 0.6 is 0 Å². The number of nitrogens with zero attached hydrogens (tertiary/aromatic N) is 2. The molecule has 0 spiro atoms. The number of hydrogen-bond donors (Lipinski definition) is 1. The van der Waals surface area contributed by atoms with Crippen LogP contribution in [0.25, 0.3) is 33.6 Å². The van der Waals surface area contributed by atoms with Crippen molar-refractivity contribution >= 4 is 22.9 Å². The topological polar surface area (TPSA) is 77.2 Å². The summed E-state index contributed by atoms with van der Waals surface area (Å²) in [6, 6.07) is 19.7. The Labute approximate surface area is 155 Å². The maximum atomic E-state index is 11.6. The van der Waals surface area contributed by atoms with Crippen LogP contribution in [-0.4, -0.2) is 29.6 Å². The lowest BCUT2D eigenvalue weighted by Gasteiger charge is -2.07. The molecule has 27 heavy (non-hydrogen) atoms. The molecule has 0 saturated carbocycles. The van der Waals surface area contributed by atoms with E-state index in [4.69, 9.17) is 9.15 Å². The smallest absolute Gasteiger partial charge is 0.325 e. The fraction of sp³-hybridized carbons (Fsp3) is 0.0952. The van der Waals surface area contributed by atoms with Crippen molar-refractivity contribution in [1.29, 1.82) is 0 Å². The van der Waals surface area contributed by atoms with Crippen LogP contribution in [0.5, 0.6) is 0 Å². The number of carbonyl (C=O) groups excluding carboxylic acids is 1. The number of furan rings is 1. The van der Waals surface area contributed by atoms with Gasteiger partial charge in [-0.2, -0.15) is 0 Å². The molecule has 134 valence electrons. The van der Waals surface area contributed by atoms with E-state index in [0.717, 1.165) is 22.1 Å². The summed E-state index contributed by atoms with van der Waals surface area (Å²) < 4.78 is 10.8. The largest absolute Gasteiger partial charge is 0.468 e. The number of aromatic nitrogens is 2. The van der Waals surface area contributed by atoms with E-state index in [1.54, 1.807) is 0 Å². The van der Waals surface area contributed by atoms with E-state index >= 15 is 0 Å². The molecular formula is C21H17N3O3.